The molecule has 104 valence electrons. The molecule has 5 heteroatoms. The van der Waals surface area contributed by atoms with Crippen LogP contribution in [0.15, 0.2) is 12.3 Å². The number of nitrogens with zero attached hydrogens (tertiary/aromatic N) is 1. The van der Waals surface area contributed by atoms with Crippen molar-refractivity contribution in [1.29, 1.82) is 0 Å². The summed E-state index contributed by atoms with van der Waals surface area (Å²) in [5.41, 5.74) is 0.782. The smallest absolute Gasteiger partial charge is 0.339 e. The molecule has 0 radical (unpaired) electrons. The molecule has 0 amide bonds. The summed E-state index contributed by atoms with van der Waals surface area (Å²) in [6, 6.07) is 1.69. The Hall–Kier alpha value is -1.62. The SMILES string of the molecule is Cc1ccnc(NCC2(CO)CCCC2)c1C(=O)O. The van der Waals surface area contributed by atoms with Crippen molar-refractivity contribution in [1.82, 2.24) is 4.98 Å². The molecule has 3 N–H and O–H groups in total. The third kappa shape index (κ3) is 2.87. The Balaban J connectivity index is 2.15. The maximum absolute atomic E-state index is 11.3. The number of hydrogen-bond acceptors (Lipinski definition) is 4. The molecule has 1 saturated carbocycles. The Kier molecular flexibility index (Phi) is 4.04. The molecular formula is C14H20N2O3. The van der Waals surface area contributed by atoms with Crippen molar-refractivity contribution in [3.8, 4) is 0 Å². The second kappa shape index (κ2) is 5.57. The molecule has 0 atom stereocenters. The minimum atomic E-state index is -0.974. The predicted molar refractivity (Wildman–Crippen MR) is 72.4 cm³/mol. The van der Waals surface area contributed by atoms with E-state index in [1.165, 1.54) is 0 Å². The first-order valence-electron chi connectivity index (χ1n) is 6.62. The van der Waals surface area contributed by atoms with Crippen LogP contribution in [-0.2, 0) is 0 Å². The van der Waals surface area contributed by atoms with E-state index in [0.717, 1.165) is 25.7 Å². The fourth-order valence-corrected chi connectivity index (χ4v) is 2.75. The van der Waals surface area contributed by atoms with Gasteiger partial charge in [-0.1, -0.05) is 12.8 Å². The fourth-order valence-electron chi connectivity index (χ4n) is 2.75. The highest BCUT2D eigenvalue weighted by Crippen LogP contribution is 2.37. The van der Waals surface area contributed by atoms with Gasteiger partial charge in [0.1, 0.15) is 11.4 Å². The van der Waals surface area contributed by atoms with Crippen LogP contribution in [0, 0.1) is 12.3 Å². The van der Waals surface area contributed by atoms with Crippen LogP contribution in [0.4, 0.5) is 5.82 Å². The van der Waals surface area contributed by atoms with Gasteiger partial charge in [-0.15, -0.1) is 0 Å². The summed E-state index contributed by atoms with van der Waals surface area (Å²) in [7, 11) is 0. The summed E-state index contributed by atoms with van der Waals surface area (Å²) in [6.07, 6.45) is 5.80. The Labute approximate surface area is 112 Å². The van der Waals surface area contributed by atoms with Gasteiger partial charge in [0, 0.05) is 18.2 Å². The number of rotatable bonds is 5. The van der Waals surface area contributed by atoms with Crippen LogP contribution >= 0.6 is 0 Å². The van der Waals surface area contributed by atoms with Crippen molar-refractivity contribution < 1.29 is 15.0 Å². The zero-order chi connectivity index (χ0) is 13.9. The van der Waals surface area contributed by atoms with E-state index in [9.17, 15) is 15.0 Å². The van der Waals surface area contributed by atoms with Crippen molar-refractivity contribution in [2.45, 2.75) is 32.6 Å². The molecule has 1 aliphatic rings. The van der Waals surface area contributed by atoms with Crippen LogP contribution in [0.2, 0.25) is 0 Å². The van der Waals surface area contributed by atoms with E-state index >= 15 is 0 Å². The van der Waals surface area contributed by atoms with Gasteiger partial charge in [0.25, 0.3) is 0 Å². The number of aliphatic hydroxyl groups excluding tert-OH is 1. The lowest BCUT2D eigenvalue weighted by molar-refractivity contribution is 0.0696. The fraction of sp³-hybridized carbons (Fsp3) is 0.571. The summed E-state index contributed by atoms with van der Waals surface area (Å²) in [5, 5.41) is 21.9. The first kappa shape index (κ1) is 13.8. The Morgan fingerprint density at radius 2 is 2.16 bits per heavy atom. The monoisotopic (exact) mass is 264 g/mol. The van der Waals surface area contributed by atoms with Crippen LogP contribution in [-0.4, -0.2) is 34.3 Å². The third-order valence-corrected chi connectivity index (χ3v) is 4.00. The summed E-state index contributed by atoms with van der Waals surface area (Å²) in [5.74, 6) is -0.579. The highest BCUT2D eigenvalue weighted by molar-refractivity contribution is 5.94. The molecule has 1 aliphatic carbocycles. The molecule has 0 bridgehead atoms. The zero-order valence-corrected chi connectivity index (χ0v) is 11.1. The first-order chi connectivity index (χ1) is 9.08. The number of carboxylic acid groups (broad SMARTS) is 1. The average molecular weight is 264 g/mol. The normalized spacial score (nSPS) is 17.4. The van der Waals surface area contributed by atoms with E-state index in [2.05, 4.69) is 10.3 Å². The van der Waals surface area contributed by atoms with E-state index in [1.54, 1.807) is 19.2 Å². The molecule has 1 heterocycles. The average Bonchev–Trinajstić information content (AvgIpc) is 2.85. The lowest BCUT2D eigenvalue weighted by atomic mass is 9.87. The summed E-state index contributed by atoms with van der Waals surface area (Å²) in [6.45, 7) is 2.46. The number of nitrogens with one attached hydrogen (secondary N) is 1. The van der Waals surface area contributed by atoms with E-state index in [4.69, 9.17) is 0 Å². The van der Waals surface area contributed by atoms with E-state index < -0.39 is 5.97 Å². The molecule has 0 aliphatic heterocycles. The predicted octanol–water partition coefficient (Wildman–Crippen LogP) is 2.05. The number of aliphatic hydroxyl groups is 1. The van der Waals surface area contributed by atoms with Gasteiger partial charge >= 0.3 is 5.97 Å². The van der Waals surface area contributed by atoms with E-state index in [0.29, 0.717) is 17.9 Å². The number of carboxylic acids is 1. The number of carbonyl (C=O) groups is 1. The van der Waals surface area contributed by atoms with Gasteiger partial charge in [0.15, 0.2) is 0 Å². The summed E-state index contributed by atoms with van der Waals surface area (Å²) >= 11 is 0. The van der Waals surface area contributed by atoms with Gasteiger partial charge in [0.2, 0.25) is 0 Å². The highest BCUT2D eigenvalue weighted by Gasteiger charge is 2.33. The van der Waals surface area contributed by atoms with Crippen LogP contribution in [0.1, 0.15) is 41.6 Å². The molecule has 1 aromatic heterocycles. The minimum absolute atomic E-state index is 0.124. The highest BCUT2D eigenvalue weighted by atomic mass is 16.4. The van der Waals surface area contributed by atoms with Crippen LogP contribution in [0.25, 0.3) is 0 Å². The standard InChI is InChI=1S/C14H20N2O3/c1-10-4-7-15-12(11(10)13(18)19)16-8-14(9-17)5-2-3-6-14/h4,7,17H,2-3,5-6,8-9H2,1H3,(H,15,16)(H,18,19). The van der Waals surface area contributed by atoms with Gasteiger partial charge in [0.05, 0.1) is 6.61 Å². The van der Waals surface area contributed by atoms with Gasteiger partial charge in [-0.25, -0.2) is 9.78 Å². The number of hydrogen-bond donors (Lipinski definition) is 3. The van der Waals surface area contributed by atoms with Gasteiger partial charge in [-0.2, -0.15) is 0 Å². The molecule has 1 fully saturated rings. The molecule has 0 saturated heterocycles. The number of aromatic carboxylic acids is 1. The number of pyridine rings is 1. The second-order valence-electron chi connectivity index (χ2n) is 5.38. The number of aryl methyl sites for hydroxylation is 1. The van der Waals surface area contributed by atoms with Crippen molar-refractivity contribution in [2.75, 3.05) is 18.5 Å². The van der Waals surface area contributed by atoms with Crippen molar-refractivity contribution in [3.63, 3.8) is 0 Å². The first-order valence-corrected chi connectivity index (χ1v) is 6.62. The van der Waals surface area contributed by atoms with Crippen molar-refractivity contribution in [2.24, 2.45) is 5.41 Å². The molecule has 0 spiro atoms. The van der Waals surface area contributed by atoms with Crippen LogP contribution < -0.4 is 5.32 Å². The molecule has 2 rings (SSSR count). The molecule has 5 nitrogen and oxygen atoms in total. The maximum atomic E-state index is 11.3. The molecule has 1 aromatic rings. The minimum Gasteiger partial charge on any atom is -0.478 e. The quantitative estimate of drug-likeness (QED) is 0.758. The van der Waals surface area contributed by atoms with Gasteiger partial charge in [-0.05, 0) is 31.4 Å². The summed E-state index contributed by atoms with van der Waals surface area (Å²) in [4.78, 5) is 15.4. The topological polar surface area (TPSA) is 82.5 Å². The number of anilines is 1. The molecule has 0 aromatic carbocycles. The van der Waals surface area contributed by atoms with E-state index in [1.807, 2.05) is 0 Å². The molecule has 19 heavy (non-hydrogen) atoms. The van der Waals surface area contributed by atoms with Crippen LogP contribution in [0.3, 0.4) is 0 Å². The lowest BCUT2D eigenvalue weighted by Crippen LogP contribution is -2.31. The zero-order valence-electron chi connectivity index (χ0n) is 11.1. The van der Waals surface area contributed by atoms with Gasteiger partial charge in [-0.3, -0.25) is 0 Å². The Morgan fingerprint density at radius 3 is 2.74 bits per heavy atom. The maximum Gasteiger partial charge on any atom is 0.339 e. The summed E-state index contributed by atoms with van der Waals surface area (Å²) < 4.78 is 0. The Bertz CT molecular complexity index is 468. The third-order valence-electron chi connectivity index (χ3n) is 4.00. The molecule has 0 unspecified atom stereocenters. The van der Waals surface area contributed by atoms with E-state index in [-0.39, 0.29) is 17.6 Å². The van der Waals surface area contributed by atoms with Crippen molar-refractivity contribution in [3.05, 3.63) is 23.4 Å². The number of aromatic nitrogens is 1. The second-order valence-corrected chi connectivity index (χ2v) is 5.38. The van der Waals surface area contributed by atoms with Crippen LogP contribution in [0.5, 0.6) is 0 Å². The molecular weight excluding hydrogens is 244 g/mol. The lowest BCUT2D eigenvalue weighted by Gasteiger charge is -2.27. The van der Waals surface area contributed by atoms with Crippen molar-refractivity contribution >= 4 is 11.8 Å². The van der Waals surface area contributed by atoms with Gasteiger partial charge < -0.3 is 15.5 Å². The largest absolute Gasteiger partial charge is 0.478 e. The Morgan fingerprint density at radius 1 is 1.47 bits per heavy atom.